The Balaban J connectivity index is 1.45. The molecule has 1 saturated heterocycles. The zero-order valence-corrected chi connectivity index (χ0v) is 20.0. The second-order valence-corrected chi connectivity index (χ2v) is 8.64. The first kappa shape index (κ1) is 22.9. The number of methoxy groups -OCH3 is 1. The highest BCUT2D eigenvalue weighted by Crippen LogP contribution is 2.28. The molecule has 0 aliphatic carbocycles. The minimum atomic E-state index is -0.390. The molecule has 2 heterocycles. The van der Waals surface area contributed by atoms with Crippen molar-refractivity contribution in [3.63, 3.8) is 0 Å². The highest BCUT2D eigenvalue weighted by Gasteiger charge is 2.27. The standard InChI is InChI=1S/C27H24ClFN4O2/c1-35-20-12-10-19(11-13-20)33-26(18-24(30-33)21-6-2-4-8-23(21)29)27(34)32-16-14-31(15-17-32)25-9-5-3-7-22(25)28/h2-13,18H,14-17H2,1H3. The summed E-state index contributed by atoms with van der Waals surface area (Å²) in [4.78, 5) is 17.6. The molecule has 0 atom stereocenters. The summed E-state index contributed by atoms with van der Waals surface area (Å²) in [7, 11) is 1.59. The summed E-state index contributed by atoms with van der Waals surface area (Å²) in [5.41, 5.74) is 2.77. The Morgan fingerprint density at radius 3 is 2.31 bits per heavy atom. The van der Waals surface area contributed by atoms with Gasteiger partial charge in [-0.1, -0.05) is 35.9 Å². The Morgan fingerprint density at radius 2 is 1.63 bits per heavy atom. The molecule has 0 radical (unpaired) electrons. The molecule has 1 amide bonds. The second-order valence-electron chi connectivity index (χ2n) is 8.24. The third-order valence-electron chi connectivity index (χ3n) is 6.16. The molecular formula is C27H24ClFN4O2. The summed E-state index contributed by atoms with van der Waals surface area (Å²) in [6, 6.07) is 23.0. The van der Waals surface area contributed by atoms with Crippen molar-refractivity contribution in [3.8, 4) is 22.7 Å². The molecule has 1 fully saturated rings. The van der Waals surface area contributed by atoms with Gasteiger partial charge in [-0.3, -0.25) is 4.79 Å². The topological polar surface area (TPSA) is 50.6 Å². The number of hydrogen-bond donors (Lipinski definition) is 0. The lowest BCUT2D eigenvalue weighted by Gasteiger charge is -2.36. The Hall–Kier alpha value is -3.84. The zero-order chi connectivity index (χ0) is 24.4. The quantitative estimate of drug-likeness (QED) is 0.381. The first-order valence-electron chi connectivity index (χ1n) is 11.3. The van der Waals surface area contributed by atoms with E-state index in [2.05, 4.69) is 10.00 Å². The minimum Gasteiger partial charge on any atom is -0.497 e. The monoisotopic (exact) mass is 490 g/mol. The van der Waals surface area contributed by atoms with Crippen molar-refractivity contribution < 1.29 is 13.9 Å². The number of rotatable bonds is 5. The van der Waals surface area contributed by atoms with Crippen LogP contribution in [0.2, 0.25) is 5.02 Å². The first-order chi connectivity index (χ1) is 17.0. The van der Waals surface area contributed by atoms with Crippen LogP contribution in [0, 0.1) is 5.82 Å². The van der Waals surface area contributed by atoms with Crippen LogP contribution in [0.5, 0.6) is 5.75 Å². The second kappa shape index (κ2) is 9.80. The molecule has 0 N–H and O–H groups in total. The number of aromatic nitrogens is 2. The summed E-state index contributed by atoms with van der Waals surface area (Å²) in [5.74, 6) is 0.146. The molecule has 0 spiro atoms. The van der Waals surface area contributed by atoms with Gasteiger partial charge in [0.1, 0.15) is 17.3 Å². The number of benzene rings is 3. The van der Waals surface area contributed by atoms with E-state index in [1.807, 2.05) is 36.4 Å². The van der Waals surface area contributed by atoms with Crippen molar-refractivity contribution in [2.45, 2.75) is 0 Å². The molecule has 178 valence electrons. The van der Waals surface area contributed by atoms with E-state index in [-0.39, 0.29) is 11.7 Å². The molecule has 3 aromatic carbocycles. The molecule has 5 rings (SSSR count). The average Bonchev–Trinajstić information content (AvgIpc) is 3.34. The lowest BCUT2D eigenvalue weighted by atomic mass is 10.1. The molecule has 0 saturated carbocycles. The van der Waals surface area contributed by atoms with Crippen molar-refractivity contribution in [2.75, 3.05) is 38.2 Å². The molecule has 0 bridgehead atoms. The van der Waals surface area contributed by atoms with Crippen molar-refractivity contribution in [3.05, 3.63) is 95.4 Å². The Bertz CT molecular complexity index is 1350. The fourth-order valence-corrected chi connectivity index (χ4v) is 4.53. The molecule has 6 nitrogen and oxygen atoms in total. The average molecular weight is 491 g/mol. The number of halogens is 2. The van der Waals surface area contributed by atoms with Gasteiger partial charge in [0.05, 0.1) is 29.2 Å². The summed E-state index contributed by atoms with van der Waals surface area (Å²) in [6.07, 6.45) is 0. The van der Waals surface area contributed by atoms with Crippen LogP contribution in [0.25, 0.3) is 16.9 Å². The van der Waals surface area contributed by atoms with Gasteiger partial charge in [0.15, 0.2) is 0 Å². The van der Waals surface area contributed by atoms with Crippen LogP contribution >= 0.6 is 11.6 Å². The maximum atomic E-state index is 14.5. The molecular weight excluding hydrogens is 467 g/mol. The highest BCUT2D eigenvalue weighted by atomic mass is 35.5. The van der Waals surface area contributed by atoms with Crippen LogP contribution in [0.4, 0.5) is 10.1 Å². The van der Waals surface area contributed by atoms with Gasteiger partial charge in [0, 0.05) is 31.7 Å². The maximum Gasteiger partial charge on any atom is 0.272 e. The largest absolute Gasteiger partial charge is 0.497 e. The SMILES string of the molecule is COc1ccc(-n2nc(-c3ccccc3F)cc2C(=O)N2CCN(c3ccccc3Cl)CC2)cc1. The van der Waals surface area contributed by atoms with Crippen LogP contribution in [-0.2, 0) is 0 Å². The number of nitrogens with zero attached hydrogens (tertiary/aromatic N) is 4. The maximum absolute atomic E-state index is 14.5. The summed E-state index contributed by atoms with van der Waals surface area (Å²) in [5, 5.41) is 5.31. The van der Waals surface area contributed by atoms with E-state index >= 15 is 0 Å². The molecule has 8 heteroatoms. The first-order valence-corrected chi connectivity index (χ1v) is 11.7. The molecule has 1 aromatic heterocycles. The van der Waals surface area contributed by atoms with Gasteiger partial charge in [0.2, 0.25) is 0 Å². The molecule has 1 aliphatic heterocycles. The van der Waals surface area contributed by atoms with Crippen molar-refractivity contribution in [1.29, 1.82) is 0 Å². The van der Waals surface area contributed by atoms with Crippen molar-refractivity contribution in [1.82, 2.24) is 14.7 Å². The van der Waals surface area contributed by atoms with Gasteiger partial charge < -0.3 is 14.5 Å². The van der Waals surface area contributed by atoms with Gasteiger partial charge >= 0.3 is 0 Å². The summed E-state index contributed by atoms with van der Waals surface area (Å²) < 4.78 is 21.4. The number of amides is 1. The van der Waals surface area contributed by atoms with Crippen LogP contribution in [0.15, 0.2) is 78.9 Å². The fraction of sp³-hybridized carbons (Fsp3) is 0.185. The van der Waals surface area contributed by atoms with E-state index in [4.69, 9.17) is 16.3 Å². The third kappa shape index (κ3) is 4.59. The number of anilines is 1. The van der Waals surface area contributed by atoms with E-state index in [0.717, 1.165) is 5.69 Å². The third-order valence-corrected chi connectivity index (χ3v) is 6.47. The van der Waals surface area contributed by atoms with Gasteiger partial charge in [0.25, 0.3) is 5.91 Å². The van der Waals surface area contributed by atoms with Crippen LogP contribution < -0.4 is 9.64 Å². The summed E-state index contributed by atoms with van der Waals surface area (Å²) in [6.45, 7) is 2.39. The summed E-state index contributed by atoms with van der Waals surface area (Å²) >= 11 is 6.36. The van der Waals surface area contributed by atoms with Gasteiger partial charge in [-0.2, -0.15) is 5.10 Å². The predicted molar refractivity (Wildman–Crippen MR) is 135 cm³/mol. The smallest absolute Gasteiger partial charge is 0.272 e. The molecule has 1 aliphatic rings. The Morgan fingerprint density at radius 1 is 0.943 bits per heavy atom. The molecule has 4 aromatic rings. The number of para-hydroxylation sites is 1. The van der Waals surface area contributed by atoms with E-state index in [1.54, 1.807) is 53.1 Å². The van der Waals surface area contributed by atoms with E-state index in [0.29, 0.717) is 59.6 Å². The lowest BCUT2D eigenvalue weighted by Crippen LogP contribution is -2.49. The number of carbonyl (C=O) groups is 1. The number of hydrogen-bond acceptors (Lipinski definition) is 4. The van der Waals surface area contributed by atoms with Crippen LogP contribution in [0.3, 0.4) is 0 Å². The van der Waals surface area contributed by atoms with Gasteiger partial charge in [-0.15, -0.1) is 0 Å². The van der Waals surface area contributed by atoms with Crippen LogP contribution in [0.1, 0.15) is 10.5 Å². The normalized spacial score (nSPS) is 13.7. The molecule has 0 unspecified atom stereocenters. The van der Waals surface area contributed by atoms with E-state index in [1.165, 1.54) is 6.07 Å². The van der Waals surface area contributed by atoms with E-state index in [9.17, 15) is 9.18 Å². The number of carbonyl (C=O) groups excluding carboxylic acids is 1. The van der Waals surface area contributed by atoms with Crippen LogP contribution in [-0.4, -0.2) is 53.9 Å². The van der Waals surface area contributed by atoms with Crippen molar-refractivity contribution >= 4 is 23.2 Å². The Kier molecular flexibility index (Phi) is 6.42. The lowest BCUT2D eigenvalue weighted by molar-refractivity contribution is 0.0737. The Labute approximate surface area is 208 Å². The van der Waals surface area contributed by atoms with Crippen molar-refractivity contribution in [2.24, 2.45) is 0 Å². The van der Waals surface area contributed by atoms with Gasteiger partial charge in [-0.05, 0) is 54.6 Å². The highest BCUT2D eigenvalue weighted by molar-refractivity contribution is 6.33. The van der Waals surface area contributed by atoms with E-state index < -0.39 is 0 Å². The molecule has 35 heavy (non-hydrogen) atoms. The van der Waals surface area contributed by atoms with Gasteiger partial charge in [-0.25, -0.2) is 9.07 Å². The number of ether oxygens (including phenoxy) is 1. The predicted octanol–water partition coefficient (Wildman–Crippen LogP) is 5.30. The fourth-order valence-electron chi connectivity index (χ4n) is 4.27. The minimum absolute atomic E-state index is 0.158. The zero-order valence-electron chi connectivity index (χ0n) is 19.2. The number of piperazine rings is 1.